The highest BCUT2D eigenvalue weighted by Gasteiger charge is 2.53. The zero-order chi connectivity index (χ0) is 35.9. The minimum absolute atomic E-state index is 0.0818. The molecule has 0 radical (unpaired) electrons. The maximum absolute atomic E-state index is 13.2. The molecule has 2 aliphatic rings. The van der Waals surface area contributed by atoms with Crippen molar-refractivity contribution in [3.05, 3.63) is 0 Å². The van der Waals surface area contributed by atoms with Crippen molar-refractivity contribution in [2.45, 2.75) is 179 Å². The summed E-state index contributed by atoms with van der Waals surface area (Å²) in [5, 5.41) is 0. The second-order valence-electron chi connectivity index (χ2n) is 13.0. The Bertz CT molecular complexity index is 823. The Hall–Kier alpha value is -0.540. The van der Waals surface area contributed by atoms with Gasteiger partial charge in [-0.05, 0) is 38.5 Å². The molecule has 0 aliphatic carbocycles. The summed E-state index contributed by atoms with van der Waals surface area (Å²) in [6.45, 7) is 15.9. The lowest BCUT2D eigenvalue weighted by Crippen LogP contribution is -2.64. The number of hydrogen-bond acceptors (Lipinski definition) is 12. The van der Waals surface area contributed by atoms with E-state index in [-0.39, 0.29) is 6.61 Å². The quantitative estimate of drug-likeness (QED) is 0.0532. The lowest BCUT2D eigenvalue weighted by molar-refractivity contribution is -0.325. The van der Waals surface area contributed by atoms with Crippen LogP contribution in [0, 0.1) is 0 Å². The van der Waals surface area contributed by atoms with Crippen LogP contribution in [0.5, 0.6) is 0 Å². The molecule has 290 valence electrons. The van der Waals surface area contributed by atoms with Crippen molar-refractivity contribution in [1.29, 1.82) is 0 Å². The number of thiol groups is 1. The first kappa shape index (κ1) is 44.6. The van der Waals surface area contributed by atoms with Gasteiger partial charge in [-0.15, -0.1) is 12.6 Å². The van der Waals surface area contributed by atoms with Gasteiger partial charge in [0.15, 0.2) is 12.4 Å². The Morgan fingerprint density at radius 3 is 1.35 bits per heavy atom. The van der Waals surface area contributed by atoms with Crippen molar-refractivity contribution in [1.82, 2.24) is 0 Å². The molecule has 0 saturated carbocycles. The monoisotopic (exact) mass is 722 g/mol. The van der Waals surface area contributed by atoms with E-state index in [2.05, 4.69) is 41.5 Å². The van der Waals surface area contributed by atoms with Gasteiger partial charge in [-0.3, -0.25) is 0 Å². The van der Waals surface area contributed by atoms with E-state index in [0.29, 0.717) is 39.6 Å². The van der Waals surface area contributed by atoms with Gasteiger partial charge >= 0.3 is 5.97 Å². The maximum atomic E-state index is 13.2. The first-order chi connectivity index (χ1) is 23.9. The highest BCUT2D eigenvalue weighted by Crippen LogP contribution is 2.34. The number of esters is 1. The van der Waals surface area contributed by atoms with Gasteiger partial charge in [-0.2, -0.15) is 0 Å². The van der Waals surface area contributed by atoms with Crippen LogP contribution in [-0.4, -0.2) is 120 Å². The molecular weight excluding hydrogens is 652 g/mol. The summed E-state index contributed by atoms with van der Waals surface area (Å²) in [4.78, 5) is 13.2. The summed E-state index contributed by atoms with van der Waals surface area (Å²) in [5.74, 6) is -0.548. The lowest BCUT2D eigenvalue weighted by atomic mass is 9.97. The molecule has 2 saturated heterocycles. The molecule has 0 aromatic heterocycles. The van der Waals surface area contributed by atoms with Crippen molar-refractivity contribution in [2.75, 3.05) is 53.4 Å². The second-order valence-corrected chi connectivity index (χ2v) is 13.5. The molecule has 4 unspecified atom stereocenters. The number of rotatable bonds is 28. The Morgan fingerprint density at radius 2 is 0.898 bits per heavy atom. The molecule has 2 rings (SSSR count). The van der Waals surface area contributed by atoms with Crippen LogP contribution in [-0.2, 0) is 52.2 Å². The van der Waals surface area contributed by atoms with E-state index in [1.807, 2.05) is 0 Å². The number of carbonyl (C=O) groups is 1. The molecule has 49 heavy (non-hydrogen) atoms. The fourth-order valence-electron chi connectivity index (χ4n) is 5.77. The summed E-state index contributed by atoms with van der Waals surface area (Å²) in [7, 11) is 1.35. The van der Waals surface area contributed by atoms with Crippen LogP contribution in [0.1, 0.15) is 119 Å². The second kappa shape index (κ2) is 27.1. The molecule has 2 fully saturated rings. The highest BCUT2D eigenvalue weighted by atomic mass is 32.1. The van der Waals surface area contributed by atoms with E-state index >= 15 is 0 Å². The summed E-state index contributed by atoms with van der Waals surface area (Å²) >= 11 is 4.84. The van der Waals surface area contributed by atoms with Gasteiger partial charge in [0, 0.05) is 39.6 Å². The average molecular weight is 723 g/mol. The Labute approximate surface area is 302 Å². The molecule has 2 heterocycles. The molecule has 0 aromatic carbocycles. The summed E-state index contributed by atoms with van der Waals surface area (Å²) in [6, 6.07) is 0. The molecule has 0 N–H and O–H groups in total. The number of hydrogen-bond donors (Lipinski definition) is 1. The van der Waals surface area contributed by atoms with Crippen molar-refractivity contribution in [3.8, 4) is 0 Å². The molecule has 11 nitrogen and oxygen atoms in total. The first-order valence-corrected chi connectivity index (χ1v) is 19.8. The van der Waals surface area contributed by atoms with E-state index in [1.165, 1.54) is 7.11 Å². The molecule has 12 heteroatoms. The summed E-state index contributed by atoms with van der Waals surface area (Å²) in [5.41, 5.74) is -0.559. The topological polar surface area (TPSA) is 109 Å². The molecule has 0 bridgehead atoms. The summed E-state index contributed by atoms with van der Waals surface area (Å²) < 4.78 is 63.2. The van der Waals surface area contributed by atoms with Crippen molar-refractivity contribution >= 4 is 18.6 Å². The Morgan fingerprint density at radius 1 is 0.510 bits per heavy atom. The molecule has 0 aromatic rings. The Balaban J connectivity index is 2.42. The number of carbonyl (C=O) groups excluding carboxylic acids is 1. The summed E-state index contributed by atoms with van der Waals surface area (Å²) in [6.07, 6.45) is 5.29. The third-order valence-corrected chi connectivity index (χ3v) is 9.23. The minimum atomic E-state index is -1.06. The van der Waals surface area contributed by atoms with E-state index in [4.69, 9.17) is 60.0 Å². The highest BCUT2D eigenvalue weighted by molar-refractivity contribution is 7.80. The van der Waals surface area contributed by atoms with Crippen LogP contribution < -0.4 is 0 Å². The smallest absolute Gasteiger partial charge is 0.337 e. The van der Waals surface area contributed by atoms with Gasteiger partial charge in [0.25, 0.3) is 0 Å². The lowest BCUT2D eigenvalue weighted by Gasteiger charge is -2.47. The third-order valence-electron chi connectivity index (χ3n) is 8.81. The van der Waals surface area contributed by atoms with E-state index in [9.17, 15) is 4.79 Å². The maximum Gasteiger partial charge on any atom is 0.337 e. The van der Waals surface area contributed by atoms with Crippen LogP contribution in [0.25, 0.3) is 0 Å². The minimum Gasteiger partial charge on any atom is -0.467 e. The molecule has 0 spiro atoms. The normalized spacial score (nSPS) is 30.4. The predicted molar refractivity (Wildman–Crippen MR) is 192 cm³/mol. The zero-order valence-electron chi connectivity index (χ0n) is 31.6. The fraction of sp³-hybridized carbons (Fsp3) is 0.973. The van der Waals surface area contributed by atoms with Crippen LogP contribution in [0.2, 0.25) is 0 Å². The zero-order valence-corrected chi connectivity index (χ0v) is 32.5. The van der Waals surface area contributed by atoms with Gasteiger partial charge in [-0.25, -0.2) is 4.79 Å². The average Bonchev–Trinajstić information content (AvgIpc) is 3.10. The predicted octanol–water partition coefficient (Wildman–Crippen LogP) is 6.67. The van der Waals surface area contributed by atoms with Crippen molar-refractivity contribution in [3.63, 3.8) is 0 Å². The largest absolute Gasteiger partial charge is 0.467 e. The fourth-order valence-corrected chi connectivity index (χ4v) is 6.18. The van der Waals surface area contributed by atoms with Gasteiger partial charge in [0.1, 0.15) is 48.2 Å². The van der Waals surface area contributed by atoms with Crippen molar-refractivity contribution < 1.29 is 52.2 Å². The third kappa shape index (κ3) is 15.2. The number of methoxy groups -OCH3 is 1. The number of ether oxygens (including phenoxy) is 10. The van der Waals surface area contributed by atoms with Crippen LogP contribution in [0.3, 0.4) is 0 Å². The van der Waals surface area contributed by atoms with Gasteiger partial charge < -0.3 is 47.4 Å². The van der Waals surface area contributed by atoms with E-state index in [1.54, 1.807) is 0 Å². The standard InChI is InChI=1S/C37H70O11S/c1-8-14-20-40-28-27(47-37(49)34(45-25-19-13-6)29(28)41-21-15-9-2)26-46-36-33(44-24-18-12-5)31(43-23-17-11-4)30(42-22-16-10-3)32(48-36)35(38)39-7/h27-34,36-37,49H,8-26H2,1-7H3/t27?,28-,29?,30+,31+,32?,33?,34+,36+,37+/m1/s1. The van der Waals surface area contributed by atoms with Gasteiger partial charge in [0.2, 0.25) is 0 Å². The van der Waals surface area contributed by atoms with Crippen LogP contribution >= 0.6 is 12.6 Å². The molecular formula is C37H70O11S. The molecule has 10 atom stereocenters. The first-order valence-electron chi connectivity index (χ1n) is 19.3. The van der Waals surface area contributed by atoms with Crippen LogP contribution in [0.15, 0.2) is 0 Å². The molecule has 2 aliphatic heterocycles. The number of unbranched alkanes of at least 4 members (excludes halogenated alkanes) is 6. The van der Waals surface area contributed by atoms with Gasteiger partial charge in [-0.1, -0.05) is 80.1 Å². The molecule has 0 amide bonds. The van der Waals surface area contributed by atoms with E-state index in [0.717, 1.165) is 77.0 Å². The van der Waals surface area contributed by atoms with Gasteiger partial charge in [0.05, 0.1) is 13.7 Å². The Kier molecular flexibility index (Phi) is 24.7. The SMILES string of the molecule is CCCCOC1[C@@H](OCC2O[C@@H](S)[C@@H](OCCCC)C(OCCCC)[C@@H]2OCCCC)OC(C(=O)OC)[C@@H](OCCCC)[C@@H]1OCCCC. The van der Waals surface area contributed by atoms with Crippen molar-refractivity contribution in [2.24, 2.45) is 0 Å². The van der Waals surface area contributed by atoms with Crippen LogP contribution in [0.4, 0.5) is 0 Å². The van der Waals surface area contributed by atoms with E-state index < -0.39 is 66.5 Å².